The zero-order chi connectivity index (χ0) is 18.8. The summed E-state index contributed by atoms with van der Waals surface area (Å²) in [5.41, 5.74) is 11.6. The molecule has 3 unspecified atom stereocenters. The molecule has 25 heavy (non-hydrogen) atoms. The monoisotopic (exact) mass is 345 g/mol. The number of carboxylic acids is 1. The molecular weight excluding hydrogens is 310 g/mol. The lowest BCUT2D eigenvalue weighted by Crippen LogP contribution is -2.51. The van der Waals surface area contributed by atoms with Crippen molar-refractivity contribution in [3.63, 3.8) is 0 Å². The van der Waals surface area contributed by atoms with E-state index in [1.54, 1.807) is 11.1 Å². The number of aryl methyl sites for hydroxylation is 1. The molecule has 1 aromatic rings. The third-order valence-corrected chi connectivity index (χ3v) is 6.63. The van der Waals surface area contributed by atoms with Crippen molar-refractivity contribution in [3.8, 4) is 0 Å². The largest absolute Gasteiger partial charge is 0.481 e. The molecule has 3 heteroatoms. The van der Waals surface area contributed by atoms with E-state index in [2.05, 4.69) is 45.9 Å². The molecule has 0 spiro atoms. The minimum Gasteiger partial charge on any atom is -0.481 e. The molecule has 0 aromatic heterocycles. The van der Waals surface area contributed by atoms with Crippen LogP contribution in [0.3, 0.4) is 0 Å². The molecule has 1 fully saturated rings. The molecule has 1 aromatic carbocycles. The second kappa shape index (κ2) is 7.49. The molecule has 2 aliphatic carbocycles. The summed E-state index contributed by atoms with van der Waals surface area (Å²) < 4.78 is 0. The Morgan fingerprint density at radius 2 is 1.96 bits per heavy atom. The normalized spacial score (nSPS) is 30.8. The van der Waals surface area contributed by atoms with E-state index in [1.165, 1.54) is 37.7 Å². The van der Waals surface area contributed by atoms with E-state index in [0.717, 1.165) is 19.4 Å². The van der Waals surface area contributed by atoms with Crippen LogP contribution in [0.15, 0.2) is 18.2 Å². The number of aliphatic carboxylic acids is 1. The van der Waals surface area contributed by atoms with Gasteiger partial charge < -0.3 is 10.8 Å². The summed E-state index contributed by atoms with van der Waals surface area (Å²) in [4.78, 5) is 9.00. The highest BCUT2D eigenvalue weighted by Gasteiger charge is 2.50. The summed E-state index contributed by atoms with van der Waals surface area (Å²) in [5, 5.41) is 7.42. The Balaban J connectivity index is 0.000000511. The van der Waals surface area contributed by atoms with E-state index in [-0.39, 0.29) is 0 Å². The van der Waals surface area contributed by atoms with Crippen LogP contribution in [-0.2, 0) is 16.6 Å². The van der Waals surface area contributed by atoms with Crippen LogP contribution in [0.4, 0.5) is 0 Å². The number of nitrogens with two attached hydrogens (primary N) is 1. The van der Waals surface area contributed by atoms with Gasteiger partial charge in [0.15, 0.2) is 0 Å². The summed E-state index contributed by atoms with van der Waals surface area (Å²) in [6.07, 6.45) is 6.53. The van der Waals surface area contributed by atoms with Gasteiger partial charge in [0.1, 0.15) is 0 Å². The van der Waals surface area contributed by atoms with Gasteiger partial charge in [0.2, 0.25) is 0 Å². The van der Waals surface area contributed by atoms with E-state index < -0.39 is 5.97 Å². The van der Waals surface area contributed by atoms with E-state index in [9.17, 15) is 0 Å². The van der Waals surface area contributed by atoms with Gasteiger partial charge in [-0.05, 0) is 71.6 Å². The van der Waals surface area contributed by atoms with Gasteiger partial charge in [0, 0.05) is 6.92 Å². The zero-order valence-corrected chi connectivity index (χ0v) is 16.6. The SMILES string of the molecule is CC(=O)O.CC(C)c1ccc2c(c1)CCC1C(C)(CN)CCCC21C. The fraction of sp³-hybridized carbons (Fsp3) is 0.682. The van der Waals surface area contributed by atoms with Gasteiger partial charge >= 0.3 is 0 Å². The number of benzene rings is 1. The average molecular weight is 346 g/mol. The van der Waals surface area contributed by atoms with Crippen LogP contribution in [0.25, 0.3) is 0 Å². The standard InChI is InChI=1S/C20H31N.C2H4O2/c1-14(2)15-6-8-17-16(12-15)7-9-18-19(3,13-21)10-5-11-20(17,18)4;1-2(3)4/h6,8,12,14,18H,5,7,9-11,13,21H2,1-4H3;1H3,(H,3,4). The van der Waals surface area contributed by atoms with Crippen molar-refractivity contribution in [1.29, 1.82) is 0 Å². The highest BCUT2D eigenvalue weighted by Crippen LogP contribution is 2.56. The highest BCUT2D eigenvalue weighted by molar-refractivity contribution is 5.62. The molecule has 140 valence electrons. The first-order valence-corrected chi connectivity index (χ1v) is 9.67. The topological polar surface area (TPSA) is 63.3 Å². The third-order valence-electron chi connectivity index (χ3n) is 6.63. The number of rotatable bonds is 2. The van der Waals surface area contributed by atoms with Crippen molar-refractivity contribution in [1.82, 2.24) is 0 Å². The lowest BCUT2D eigenvalue weighted by molar-refractivity contribution is -0.134. The Morgan fingerprint density at radius 3 is 2.52 bits per heavy atom. The Labute approximate surface area is 153 Å². The number of fused-ring (bicyclic) bond motifs is 3. The van der Waals surface area contributed by atoms with Crippen LogP contribution in [0.5, 0.6) is 0 Å². The maximum Gasteiger partial charge on any atom is 0.300 e. The van der Waals surface area contributed by atoms with Gasteiger partial charge in [-0.3, -0.25) is 4.79 Å². The number of hydrogen-bond acceptors (Lipinski definition) is 2. The molecule has 3 atom stereocenters. The molecule has 1 saturated carbocycles. The molecule has 0 bridgehead atoms. The van der Waals surface area contributed by atoms with Gasteiger partial charge in [-0.1, -0.05) is 52.3 Å². The van der Waals surface area contributed by atoms with Crippen molar-refractivity contribution in [2.45, 2.75) is 78.1 Å². The number of carbonyl (C=O) groups is 1. The van der Waals surface area contributed by atoms with Gasteiger partial charge in [-0.25, -0.2) is 0 Å². The first kappa shape index (κ1) is 20.0. The predicted molar refractivity (Wildman–Crippen MR) is 104 cm³/mol. The van der Waals surface area contributed by atoms with Crippen molar-refractivity contribution in [2.75, 3.05) is 6.54 Å². The van der Waals surface area contributed by atoms with Crippen molar-refractivity contribution in [3.05, 3.63) is 34.9 Å². The summed E-state index contributed by atoms with van der Waals surface area (Å²) >= 11 is 0. The van der Waals surface area contributed by atoms with Crippen LogP contribution in [0.1, 0.15) is 82.9 Å². The number of carboxylic acid groups (broad SMARTS) is 1. The Bertz CT molecular complexity index is 620. The second-order valence-corrected chi connectivity index (χ2v) is 8.81. The molecule has 3 N–H and O–H groups in total. The van der Waals surface area contributed by atoms with Gasteiger partial charge in [0.25, 0.3) is 5.97 Å². The van der Waals surface area contributed by atoms with Crippen LogP contribution >= 0.6 is 0 Å². The maximum absolute atomic E-state index is 9.00. The highest BCUT2D eigenvalue weighted by atomic mass is 16.4. The van der Waals surface area contributed by atoms with E-state index in [0.29, 0.717) is 16.7 Å². The lowest BCUT2D eigenvalue weighted by Gasteiger charge is -2.55. The fourth-order valence-corrected chi connectivity index (χ4v) is 5.25. The molecular formula is C22H35NO2. The molecule has 0 aliphatic heterocycles. The van der Waals surface area contributed by atoms with Gasteiger partial charge in [-0.2, -0.15) is 0 Å². The minimum absolute atomic E-state index is 0.335. The summed E-state index contributed by atoms with van der Waals surface area (Å²) in [6, 6.07) is 7.29. The third kappa shape index (κ3) is 3.92. The van der Waals surface area contributed by atoms with Crippen molar-refractivity contribution in [2.24, 2.45) is 17.1 Å². The zero-order valence-electron chi connectivity index (χ0n) is 16.6. The van der Waals surface area contributed by atoms with Gasteiger partial charge in [-0.15, -0.1) is 0 Å². The Hall–Kier alpha value is -1.35. The van der Waals surface area contributed by atoms with Crippen molar-refractivity contribution < 1.29 is 9.90 Å². The van der Waals surface area contributed by atoms with E-state index in [4.69, 9.17) is 15.6 Å². The number of hydrogen-bond donors (Lipinski definition) is 2. The Kier molecular flexibility index (Phi) is 5.98. The molecule has 0 heterocycles. The van der Waals surface area contributed by atoms with Crippen LogP contribution in [0, 0.1) is 11.3 Å². The minimum atomic E-state index is -0.833. The first-order chi connectivity index (χ1) is 11.6. The average Bonchev–Trinajstić information content (AvgIpc) is 2.53. The van der Waals surface area contributed by atoms with Gasteiger partial charge in [0.05, 0.1) is 0 Å². The second-order valence-electron chi connectivity index (χ2n) is 8.81. The molecule has 0 amide bonds. The molecule has 0 radical (unpaired) electrons. The van der Waals surface area contributed by atoms with Crippen molar-refractivity contribution >= 4 is 5.97 Å². The maximum atomic E-state index is 9.00. The molecule has 2 aliphatic rings. The van der Waals surface area contributed by atoms with E-state index >= 15 is 0 Å². The quantitative estimate of drug-likeness (QED) is 0.804. The first-order valence-electron chi connectivity index (χ1n) is 9.67. The van der Waals surface area contributed by atoms with Crippen LogP contribution in [-0.4, -0.2) is 17.6 Å². The summed E-state index contributed by atoms with van der Waals surface area (Å²) in [5.74, 6) is 0.544. The summed E-state index contributed by atoms with van der Waals surface area (Å²) in [6.45, 7) is 11.5. The summed E-state index contributed by atoms with van der Waals surface area (Å²) in [7, 11) is 0. The fourth-order valence-electron chi connectivity index (χ4n) is 5.25. The molecule has 3 rings (SSSR count). The lowest BCUT2D eigenvalue weighted by atomic mass is 9.50. The van der Waals surface area contributed by atoms with E-state index in [1.807, 2.05) is 0 Å². The Morgan fingerprint density at radius 1 is 1.32 bits per heavy atom. The van der Waals surface area contributed by atoms with Crippen LogP contribution < -0.4 is 5.73 Å². The molecule has 3 nitrogen and oxygen atoms in total. The van der Waals surface area contributed by atoms with Crippen LogP contribution in [0.2, 0.25) is 0 Å². The smallest absolute Gasteiger partial charge is 0.300 e. The predicted octanol–water partition coefficient (Wildman–Crippen LogP) is 4.87. The molecule has 0 saturated heterocycles.